The molecule has 1 unspecified atom stereocenters. The predicted molar refractivity (Wildman–Crippen MR) is 269 cm³/mol. The van der Waals surface area contributed by atoms with Gasteiger partial charge in [0.1, 0.15) is 5.78 Å². The average Bonchev–Trinajstić information content (AvgIpc) is 4.02. The van der Waals surface area contributed by atoms with E-state index in [2.05, 4.69) is 120 Å². The number of benzene rings is 2. The zero-order valence-corrected chi connectivity index (χ0v) is 39.5. The second-order valence-corrected chi connectivity index (χ2v) is 18.1. The Morgan fingerprint density at radius 3 is 2.10 bits per heavy atom. The van der Waals surface area contributed by atoms with Crippen LogP contribution >= 0.6 is 11.3 Å². The van der Waals surface area contributed by atoms with Crippen molar-refractivity contribution in [1.29, 1.82) is 0 Å². The predicted octanol–water partition coefficient (Wildman–Crippen LogP) is 11.8. The second kappa shape index (κ2) is 20.6. The number of hydrogen-bond donors (Lipinski definition) is 3. The molecule has 2 aliphatic rings. The van der Waals surface area contributed by atoms with Gasteiger partial charge in [0.15, 0.2) is 4.80 Å². The number of thiazole rings is 1. The molecule has 10 nitrogen and oxygen atoms in total. The molecule has 2 aliphatic heterocycles. The number of aromatic nitrogens is 3. The molecular formula is C52H67N9OS. The van der Waals surface area contributed by atoms with Gasteiger partial charge in [-0.05, 0) is 105 Å². The van der Waals surface area contributed by atoms with Gasteiger partial charge in [-0.1, -0.05) is 90.8 Å². The van der Waals surface area contributed by atoms with Gasteiger partial charge in [-0.15, -0.1) is 0 Å². The molecule has 0 bridgehead atoms. The molecule has 1 atom stereocenters. The van der Waals surface area contributed by atoms with Crippen LogP contribution in [0, 0.1) is 5.92 Å². The standard InChI is InChI=1S/C52H67N9OS/c1-12-31(5)24-42(62)21-17-16-20-39-28-40(34(8)53)29-47-49(39)60(51(59-47)57-36(10)43-25-32(6)55-45(43)14-3)22-18-19-23-61-50-38(13-2)27-41(35(9)54)30-48(50)63-52(61)58-37(11)44-26-33(7)56-46(44)15-4/h18-19,27-31H,8-17,20-26,53-54H2,1-7H3,(H,57,59)/b19-18+,58-52-. The third kappa shape index (κ3) is 10.7. The zero-order valence-electron chi connectivity index (χ0n) is 38.7. The first kappa shape index (κ1) is 46.7. The van der Waals surface area contributed by atoms with Gasteiger partial charge in [0.25, 0.3) is 0 Å². The highest BCUT2D eigenvalue weighted by Crippen LogP contribution is 2.33. The minimum Gasteiger partial charge on any atom is -0.399 e. The fourth-order valence-corrected chi connectivity index (χ4v) is 9.71. The summed E-state index contributed by atoms with van der Waals surface area (Å²) < 4.78 is 5.62. The minimum absolute atomic E-state index is 0.337. The Bertz CT molecular complexity index is 2720. The normalized spacial score (nSPS) is 15.0. The molecule has 0 amide bonds. The molecule has 0 fully saturated rings. The Hall–Kier alpha value is -5.81. The Kier molecular flexibility index (Phi) is 15.3. The van der Waals surface area contributed by atoms with Gasteiger partial charge in [0.2, 0.25) is 5.95 Å². The lowest BCUT2D eigenvalue weighted by Crippen LogP contribution is -2.15. The molecule has 0 saturated carbocycles. The Morgan fingerprint density at radius 1 is 0.841 bits per heavy atom. The number of aliphatic imine (C=N–C) groups is 2. The molecule has 0 spiro atoms. The minimum atomic E-state index is 0.337. The Balaban J connectivity index is 1.40. The van der Waals surface area contributed by atoms with E-state index in [1.165, 1.54) is 5.56 Å². The van der Waals surface area contributed by atoms with Crippen LogP contribution in [0.5, 0.6) is 0 Å². The van der Waals surface area contributed by atoms with Gasteiger partial charge >= 0.3 is 0 Å². The van der Waals surface area contributed by atoms with Crippen molar-refractivity contribution in [1.82, 2.24) is 14.1 Å². The van der Waals surface area contributed by atoms with Crippen molar-refractivity contribution in [3.63, 3.8) is 0 Å². The summed E-state index contributed by atoms with van der Waals surface area (Å²) >= 11 is 1.64. The van der Waals surface area contributed by atoms with Crippen LogP contribution in [-0.2, 0) is 30.7 Å². The number of ketones is 1. The van der Waals surface area contributed by atoms with E-state index >= 15 is 0 Å². The Morgan fingerprint density at radius 2 is 1.46 bits per heavy atom. The number of rotatable bonds is 22. The summed E-state index contributed by atoms with van der Waals surface area (Å²) in [5, 5.41) is 3.62. The number of Topliss-reactive ketones (excluding diaryl/α,β-unsaturated/α-hetero) is 1. The number of allylic oxidation sites excluding steroid dienone is 6. The van der Waals surface area contributed by atoms with Crippen LogP contribution in [0.1, 0.15) is 129 Å². The number of unbranched alkanes of at least 4 members (excludes halogenated alkanes) is 1. The maximum Gasteiger partial charge on any atom is 0.208 e. The number of hydrogen-bond acceptors (Lipinski definition) is 9. The molecule has 2 aromatic carbocycles. The molecule has 11 heteroatoms. The first-order valence-electron chi connectivity index (χ1n) is 22.6. The summed E-state index contributed by atoms with van der Waals surface area (Å²) in [6.45, 7) is 33.0. The summed E-state index contributed by atoms with van der Waals surface area (Å²) in [6.07, 6.45) is 13.1. The highest BCUT2D eigenvalue weighted by molar-refractivity contribution is 7.16. The summed E-state index contributed by atoms with van der Waals surface area (Å²) in [7, 11) is 0. The van der Waals surface area contributed by atoms with Crippen LogP contribution in [0.25, 0.3) is 32.6 Å². The molecule has 0 aliphatic carbocycles. The average molecular weight is 866 g/mol. The molecule has 332 valence electrons. The number of imidazole rings is 1. The SMILES string of the molecule is C=C(/N=c1\sc2cc(C(=C)N)cc(CC)c2n1C/C=C/Cn1c(NC(=C)C2=C(CC)N=C(C)C2)nc2cc(C(=C)N)cc(CCCCC(=O)CC(C)CC)c21)C1=C(CC)N=C(C)C1. The van der Waals surface area contributed by atoms with Gasteiger partial charge in [-0.3, -0.25) is 14.8 Å². The highest BCUT2D eigenvalue weighted by Gasteiger charge is 2.22. The van der Waals surface area contributed by atoms with E-state index in [1.807, 2.05) is 6.07 Å². The van der Waals surface area contributed by atoms with Crippen molar-refractivity contribution in [2.24, 2.45) is 32.4 Å². The quantitative estimate of drug-likeness (QED) is 0.0533. The van der Waals surface area contributed by atoms with Crippen LogP contribution in [-0.4, -0.2) is 31.3 Å². The van der Waals surface area contributed by atoms with Gasteiger partial charge in [0.05, 0.1) is 26.9 Å². The summed E-state index contributed by atoms with van der Waals surface area (Å²) in [5.41, 5.74) is 28.7. The third-order valence-electron chi connectivity index (χ3n) is 12.2. The van der Waals surface area contributed by atoms with Crippen LogP contribution in [0.15, 0.2) is 112 Å². The number of aryl methyl sites for hydroxylation is 2. The van der Waals surface area contributed by atoms with Crippen molar-refractivity contribution < 1.29 is 4.79 Å². The fraction of sp³-hybridized carbons (Fsp3) is 0.404. The van der Waals surface area contributed by atoms with Gasteiger partial charge < -0.3 is 25.9 Å². The molecule has 4 aromatic rings. The molecule has 4 heterocycles. The maximum absolute atomic E-state index is 12.8. The maximum atomic E-state index is 12.8. The van der Waals surface area contributed by atoms with E-state index in [9.17, 15) is 4.79 Å². The van der Waals surface area contributed by atoms with Crippen LogP contribution in [0.4, 0.5) is 5.95 Å². The van der Waals surface area contributed by atoms with Crippen molar-refractivity contribution in [3.8, 4) is 0 Å². The van der Waals surface area contributed by atoms with E-state index < -0.39 is 0 Å². The van der Waals surface area contributed by atoms with E-state index in [1.54, 1.807) is 11.3 Å². The van der Waals surface area contributed by atoms with Gasteiger partial charge in [-0.2, -0.15) is 0 Å². The van der Waals surface area contributed by atoms with Crippen LogP contribution in [0.3, 0.4) is 0 Å². The molecule has 5 N–H and O–H groups in total. The number of nitrogens with zero attached hydrogens (tertiary/aromatic N) is 6. The monoisotopic (exact) mass is 866 g/mol. The van der Waals surface area contributed by atoms with Crippen LogP contribution in [0.2, 0.25) is 0 Å². The summed E-state index contributed by atoms with van der Waals surface area (Å²) in [4.78, 5) is 33.6. The first-order valence-corrected chi connectivity index (χ1v) is 23.5. The smallest absolute Gasteiger partial charge is 0.208 e. The number of nitrogens with one attached hydrogen (secondary N) is 1. The molecule has 63 heavy (non-hydrogen) atoms. The van der Waals surface area contributed by atoms with Crippen molar-refractivity contribution in [3.05, 3.63) is 124 Å². The molecule has 6 rings (SSSR count). The van der Waals surface area contributed by atoms with E-state index in [0.29, 0.717) is 55.0 Å². The molecule has 0 radical (unpaired) electrons. The van der Waals surface area contributed by atoms with Gasteiger partial charge in [0, 0.05) is 89.8 Å². The number of anilines is 1. The van der Waals surface area contributed by atoms with Crippen molar-refractivity contribution in [2.75, 3.05) is 5.32 Å². The molecule has 2 aromatic heterocycles. The van der Waals surface area contributed by atoms with E-state index in [0.717, 1.165) is 146 Å². The lowest BCUT2D eigenvalue weighted by molar-refractivity contribution is -0.120. The largest absolute Gasteiger partial charge is 0.399 e. The molecular weight excluding hydrogens is 799 g/mol. The van der Waals surface area contributed by atoms with Crippen LogP contribution < -0.4 is 21.6 Å². The fourth-order valence-electron chi connectivity index (χ4n) is 8.56. The number of nitrogens with two attached hydrogens (primary N) is 2. The third-order valence-corrected chi connectivity index (χ3v) is 13.2. The number of carbonyl (C=O) groups is 1. The number of fused-ring (bicyclic) bond motifs is 2. The summed E-state index contributed by atoms with van der Waals surface area (Å²) in [5.74, 6) is 1.44. The summed E-state index contributed by atoms with van der Waals surface area (Å²) in [6, 6.07) is 8.42. The van der Waals surface area contributed by atoms with E-state index in [-0.39, 0.29) is 0 Å². The van der Waals surface area contributed by atoms with Gasteiger partial charge in [-0.25, -0.2) is 9.98 Å². The first-order chi connectivity index (χ1) is 30.1. The highest BCUT2D eigenvalue weighted by atomic mass is 32.1. The lowest BCUT2D eigenvalue weighted by atomic mass is 9.97. The molecule has 0 saturated heterocycles. The second-order valence-electron chi connectivity index (χ2n) is 17.1. The topological polar surface area (TPSA) is 141 Å². The van der Waals surface area contributed by atoms with Crippen molar-refractivity contribution in [2.45, 2.75) is 132 Å². The zero-order chi connectivity index (χ0) is 45.5. The number of carbonyl (C=O) groups excluding carboxylic acids is 1. The van der Waals surface area contributed by atoms with E-state index in [4.69, 9.17) is 31.4 Å². The van der Waals surface area contributed by atoms with Crippen molar-refractivity contribution >= 4 is 67.1 Å². The lowest BCUT2D eigenvalue weighted by Gasteiger charge is -2.15. The Labute approximate surface area is 378 Å².